The molecule has 1 aliphatic rings. The molecule has 0 N–H and O–H groups in total. The molecule has 2 rings (SSSR count). The number of hydrogen-bond donors (Lipinski definition) is 1. The summed E-state index contributed by atoms with van der Waals surface area (Å²) in [7, 11) is 0. The molecule has 1 aliphatic carbocycles. The summed E-state index contributed by atoms with van der Waals surface area (Å²) in [6, 6.07) is 7.05. The van der Waals surface area contributed by atoms with Crippen LogP contribution in [0.2, 0.25) is 0 Å². The van der Waals surface area contributed by atoms with E-state index in [4.69, 9.17) is 0 Å². The quantitative estimate of drug-likeness (QED) is 0.579. The van der Waals surface area contributed by atoms with Crippen molar-refractivity contribution >= 4 is 24.4 Å². The lowest BCUT2D eigenvalue weighted by atomic mass is 10.1. The van der Waals surface area contributed by atoms with Crippen molar-refractivity contribution in [3.8, 4) is 0 Å². The summed E-state index contributed by atoms with van der Waals surface area (Å²) in [5.41, 5.74) is 3.18. The first kappa shape index (κ1) is 13.4. The van der Waals surface area contributed by atoms with Crippen molar-refractivity contribution < 1.29 is 0 Å². The molecule has 2 heteroatoms. The fourth-order valence-electron chi connectivity index (χ4n) is 2.38. The molecule has 0 aliphatic heterocycles. The van der Waals surface area contributed by atoms with Gasteiger partial charge in [-0.1, -0.05) is 13.0 Å². The van der Waals surface area contributed by atoms with Crippen LogP contribution in [0.15, 0.2) is 23.1 Å². The number of thiol groups is 1. The topological polar surface area (TPSA) is 0 Å². The summed E-state index contributed by atoms with van der Waals surface area (Å²) in [6.45, 7) is 2.33. The van der Waals surface area contributed by atoms with Gasteiger partial charge < -0.3 is 0 Å². The first-order valence-electron chi connectivity index (χ1n) is 6.65. The number of aryl methyl sites for hydroxylation is 2. The van der Waals surface area contributed by atoms with Gasteiger partial charge in [0.1, 0.15) is 0 Å². The molecule has 0 nitrogen and oxygen atoms in total. The highest BCUT2D eigenvalue weighted by molar-refractivity contribution is 7.99. The van der Waals surface area contributed by atoms with Crippen molar-refractivity contribution in [3.05, 3.63) is 29.3 Å². The zero-order chi connectivity index (χ0) is 12.1. The Morgan fingerprint density at radius 1 is 1.24 bits per heavy atom. The van der Waals surface area contributed by atoms with Gasteiger partial charge in [0, 0.05) is 4.90 Å². The number of hydrogen-bond acceptors (Lipinski definition) is 2. The van der Waals surface area contributed by atoms with Gasteiger partial charge in [0.25, 0.3) is 0 Å². The van der Waals surface area contributed by atoms with Crippen LogP contribution in [-0.4, -0.2) is 11.5 Å². The predicted octanol–water partition coefficient (Wildman–Crippen LogP) is 4.61. The molecule has 1 aromatic carbocycles. The summed E-state index contributed by atoms with van der Waals surface area (Å²) in [5, 5.41) is 0. The number of benzene rings is 1. The summed E-state index contributed by atoms with van der Waals surface area (Å²) >= 11 is 6.31. The van der Waals surface area contributed by atoms with E-state index in [1.165, 1.54) is 42.8 Å². The molecule has 1 unspecified atom stereocenters. The first-order chi connectivity index (χ1) is 8.29. The summed E-state index contributed by atoms with van der Waals surface area (Å²) in [6.07, 6.45) is 6.48. The van der Waals surface area contributed by atoms with Crippen molar-refractivity contribution in [2.45, 2.75) is 43.9 Å². The Labute approximate surface area is 115 Å². The minimum absolute atomic E-state index is 0.814. The van der Waals surface area contributed by atoms with Crippen LogP contribution in [-0.2, 0) is 12.8 Å². The molecule has 0 aromatic heterocycles. The molecule has 0 saturated heterocycles. The maximum absolute atomic E-state index is 4.29. The molecule has 0 radical (unpaired) electrons. The van der Waals surface area contributed by atoms with Gasteiger partial charge in [-0.2, -0.15) is 12.6 Å². The highest BCUT2D eigenvalue weighted by Crippen LogP contribution is 2.28. The van der Waals surface area contributed by atoms with Crippen LogP contribution in [0.3, 0.4) is 0 Å². The van der Waals surface area contributed by atoms with Gasteiger partial charge in [0.2, 0.25) is 0 Å². The Kier molecular flexibility index (Phi) is 5.30. The van der Waals surface area contributed by atoms with Gasteiger partial charge in [0.15, 0.2) is 0 Å². The summed E-state index contributed by atoms with van der Waals surface area (Å²) in [4.78, 5) is 1.46. The maximum atomic E-state index is 4.29. The normalized spacial score (nSPS) is 15.9. The molecule has 17 heavy (non-hydrogen) atoms. The van der Waals surface area contributed by atoms with Crippen LogP contribution in [0, 0.1) is 5.92 Å². The number of fused-ring (bicyclic) bond motifs is 1. The van der Waals surface area contributed by atoms with Crippen molar-refractivity contribution in [1.82, 2.24) is 0 Å². The molecular formula is C15H22S2. The Morgan fingerprint density at radius 2 is 2.06 bits per heavy atom. The SMILES string of the molecule is CC(CCS)CCSc1ccc2c(c1)CCC2. The van der Waals surface area contributed by atoms with Crippen LogP contribution in [0.4, 0.5) is 0 Å². The molecule has 0 fully saturated rings. The summed E-state index contributed by atoms with van der Waals surface area (Å²) < 4.78 is 0. The fourth-order valence-corrected chi connectivity index (χ4v) is 3.97. The average Bonchev–Trinajstić information content (AvgIpc) is 2.76. The van der Waals surface area contributed by atoms with Gasteiger partial charge in [-0.15, -0.1) is 11.8 Å². The second kappa shape index (κ2) is 6.75. The molecule has 94 valence electrons. The van der Waals surface area contributed by atoms with E-state index in [-0.39, 0.29) is 0 Å². The molecule has 1 atom stereocenters. The van der Waals surface area contributed by atoms with Crippen LogP contribution >= 0.6 is 24.4 Å². The highest BCUT2D eigenvalue weighted by atomic mass is 32.2. The van der Waals surface area contributed by atoms with E-state index in [2.05, 4.69) is 37.8 Å². The minimum Gasteiger partial charge on any atom is -0.179 e. The fraction of sp³-hybridized carbons (Fsp3) is 0.600. The van der Waals surface area contributed by atoms with Crippen molar-refractivity contribution in [3.63, 3.8) is 0 Å². The lowest BCUT2D eigenvalue weighted by molar-refractivity contribution is 0.554. The number of thioether (sulfide) groups is 1. The minimum atomic E-state index is 0.814. The molecule has 0 spiro atoms. The monoisotopic (exact) mass is 266 g/mol. The van der Waals surface area contributed by atoms with Crippen LogP contribution in [0.1, 0.15) is 37.3 Å². The van der Waals surface area contributed by atoms with E-state index in [1.54, 1.807) is 11.1 Å². The third-order valence-corrected chi connectivity index (χ3v) is 4.86. The van der Waals surface area contributed by atoms with E-state index in [0.717, 1.165) is 11.7 Å². The smallest absolute Gasteiger partial charge is 0.00748 e. The summed E-state index contributed by atoms with van der Waals surface area (Å²) in [5.74, 6) is 3.08. The Hall–Kier alpha value is -0.0800. The van der Waals surface area contributed by atoms with Crippen LogP contribution < -0.4 is 0 Å². The van der Waals surface area contributed by atoms with E-state index in [1.807, 2.05) is 11.8 Å². The number of rotatable bonds is 6. The Bertz CT molecular complexity index is 360. The third-order valence-electron chi connectivity index (χ3n) is 3.57. The predicted molar refractivity (Wildman–Crippen MR) is 81.4 cm³/mol. The lowest BCUT2D eigenvalue weighted by Crippen LogP contribution is -1.97. The van der Waals surface area contributed by atoms with Gasteiger partial charge in [-0.3, -0.25) is 0 Å². The van der Waals surface area contributed by atoms with E-state index < -0.39 is 0 Å². The second-order valence-corrected chi connectivity index (χ2v) is 6.65. The van der Waals surface area contributed by atoms with E-state index in [0.29, 0.717) is 0 Å². The van der Waals surface area contributed by atoms with Gasteiger partial charge in [-0.05, 0) is 72.8 Å². The molecule has 0 amide bonds. The van der Waals surface area contributed by atoms with Crippen LogP contribution in [0.25, 0.3) is 0 Å². The van der Waals surface area contributed by atoms with Gasteiger partial charge in [-0.25, -0.2) is 0 Å². The van der Waals surface area contributed by atoms with Gasteiger partial charge in [0.05, 0.1) is 0 Å². The standard InChI is InChI=1S/C15H22S2/c1-12(7-9-16)8-10-17-15-6-5-13-3-2-4-14(13)11-15/h5-6,11-12,16H,2-4,7-10H2,1H3. The molecule has 0 bridgehead atoms. The van der Waals surface area contributed by atoms with Gasteiger partial charge >= 0.3 is 0 Å². The third kappa shape index (κ3) is 3.96. The Balaban J connectivity index is 1.79. The molecular weight excluding hydrogens is 244 g/mol. The zero-order valence-corrected chi connectivity index (χ0v) is 12.3. The largest absolute Gasteiger partial charge is 0.179 e. The average molecular weight is 266 g/mol. The maximum Gasteiger partial charge on any atom is 0.00748 e. The lowest BCUT2D eigenvalue weighted by Gasteiger charge is -2.09. The van der Waals surface area contributed by atoms with Crippen molar-refractivity contribution in [2.24, 2.45) is 5.92 Å². The Morgan fingerprint density at radius 3 is 2.88 bits per heavy atom. The van der Waals surface area contributed by atoms with Crippen molar-refractivity contribution in [1.29, 1.82) is 0 Å². The zero-order valence-electron chi connectivity index (χ0n) is 10.6. The molecule has 0 heterocycles. The molecule has 0 saturated carbocycles. The van der Waals surface area contributed by atoms with Crippen molar-refractivity contribution in [2.75, 3.05) is 11.5 Å². The second-order valence-electron chi connectivity index (χ2n) is 5.04. The van der Waals surface area contributed by atoms with E-state index in [9.17, 15) is 0 Å². The van der Waals surface area contributed by atoms with E-state index >= 15 is 0 Å². The molecule has 1 aromatic rings. The van der Waals surface area contributed by atoms with Crippen LogP contribution in [0.5, 0.6) is 0 Å². The highest BCUT2D eigenvalue weighted by Gasteiger charge is 2.10. The first-order valence-corrected chi connectivity index (χ1v) is 8.27.